The molecule has 0 aliphatic carbocycles. The van der Waals surface area contributed by atoms with Crippen LogP contribution in [0.4, 0.5) is 0 Å². The van der Waals surface area contributed by atoms with Crippen molar-refractivity contribution in [3.63, 3.8) is 0 Å². The van der Waals surface area contributed by atoms with Crippen molar-refractivity contribution in [3.05, 3.63) is 30.3 Å². The highest BCUT2D eigenvalue weighted by molar-refractivity contribution is 7.95. The van der Waals surface area contributed by atoms with Crippen LogP contribution in [0.25, 0.3) is 0 Å². The molecule has 3 heteroatoms. The van der Waals surface area contributed by atoms with Crippen LogP contribution in [0.15, 0.2) is 39.6 Å². The first-order valence-corrected chi connectivity index (χ1v) is 6.77. The Morgan fingerprint density at radius 2 is 2.27 bits per heavy atom. The van der Waals surface area contributed by atoms with E-state index in [-0.39, 0.29) is 4.75 Å². The van der Waals surface area contributed by atoms with Gasteiger partial charge in [-0.2, -0.15) is 0 Å². The Morgan fingerprint density at radius 3 is 2.93 bits per heavy atom. The molecule has 1 heterocycles. The van der Waals surface area contributed by atoms with Gasteiger partial charge in [0.1, 0.15) is 0 Å². The van der Waals surface area contributed by atoms with Gasteiger partial charge in [-0.05, 0) is 38.8 Å². The molecule has 0 N–H and O–H groups in total. The van der Waals surface area contributed by atoms with Crippen LogP contribution in [0, 0.1) is 0 Å². The zero-order valence-electron chi connectivity index (χ0n) is 10.2. The van der Waals surface area contributed by atoms with E-state index in [1.807, 2.05) is 19.9 Å². The Hall–Kier alpha value is -0.830. The topological polar surface area (TPSA) is 29.4 Å². The van der Waals surface area contributed by atoms with Gasteiger partial charge in [-0.3, -0.25) is 0 Å². The first-order chi connectivity index (χ1) is 7.47. The molecule has 0 spiro atoms. The normalized spacial score (nSPS) is 30.4. The third kappa shape index (κ3) is 1.69. The highest BCUT2D eigenvalue weighted by Gasteiger charge is 2.35. The maximum absolute atomic E-state index is 13.0. The Bertz CT molecular complexity index is 516. The van der Waals surface area contributed by atoms with Gasteiger partial charge in [0.25, 0.3) is 0 Å². The molecule has 0 radical (unpaired) electrons. The Kier molecular flexibility index (Phi) is 2.28. The molecule has 0 saturated heterocycles. The molecular weight excluding hydrogens is 206 g/mol. The predicted molar refractivity (Wildman–Crippen MR) is 63.5 cm³/mol. The van der Waals surface area contributed by atoms with Gasteiger partial charge in [-0.1, -0.05) is 18.2 Å². The zero-order chi connectivity index (χ0) is 11.8. The van der Waals surface area contributed by atoms with E-state index in [2.05, 4.69) is 4.36 Å². The molecule has 1 aliphatic heterocycles. The summed E-state index contributed by atoms with van der Waals surface area (Å²) in [6.07, 6.45) is 1.90. The van der Waals surface area contributed by atoms with Gasteiger partial charge in [-0.15, -0.1) is 0 Å². The van der Waals surface area contributed by atoms with Gasteiger partial charge in [0.15, 0.2) is 0 Å². The lowest BCUT2D eigenvalue weighted by Crippen LogP contribution is -2.34. The highest BCUT2D eigenvalue weighted by atomic mass is 32.2. The van der Waals surface area contributed by atoms with Gasteiger partial charge in [0.05, 0.1) is 15.8 Å². The maximum atomic E-state index is 13.0. The zero-order valence-corrected chi connectivity index (χ0v) is 10.0. The van der Waals surface area contributed by atoms with E-state index >= 15 is 0 Å². The molecule has 1 aromatic carbocycles. The van der Waals surface area contributed by atoms with Crippen molar-refractivity contribution >= 4 is 9.73 Å². The third-order valence-corrected chi connectivity index (χ3v) is 6.04. The summed E-state index contributed by atoms with van der Waals surface area (Å²) in [6.45, 7) is 4.63. The van der Waals surface area contributed by atoms with Crippen molar-refractivity contribution < 1.29 is 5.58 Å². The van der Waals surface area contributed by atoms with E-state index in [4.69, 9.17) is 1.37 Å². The van der Waals surface area contributed by atoms with Crippen LogP contribution in [0.2, 0.25) is 0 Å². The lowest BCUT2D eigenvalue weighted by atomic mass is 10.1. The van der Waals surface area contributed by atoms with Crippen LogP contribution >= 0.6 is 0 Å². The average Bonchev–Trinajstić information content (AvgIpc) is 2.23. The van der Waals surface area contributed by atoms with E-state index in [0.29, 0.717) is 17.5 Å². The molecule has 1 atom stereocenters. The van der Waals surface area contributed by atoms with Crippen LogP contribution < -0.4 is 0 Å². The molecule has 82 valence electrons. The van der Waals surface area contributed by atoms with E-state index in [1.54, 1.807) is 18.2 Å². The van der Waals surface area contributed by atoms with Crippen LogP contribution in [0.5, 0.6) is 0 Å². The molecule has 0 aromatic heterocycles. The Labute approximate surface area is 93.3 Å². The fourth-order valence-electron chi connectivity index (χ4n) is 1.93. The molecule has 1 aromatic rings. The second-order valence-corrected chi connectivity index (χ2v) is 7.32. The number of nitrogens with zero attached hydrogens (tertiary/aromatic N) is 1. The van der Waals surface area contributed by atoms with Crippen molar-refractivity contribution in [2.24, 2.45) is 4.36 Å². The summed E-state index contributed by atoms with van der Waals surface area (Å²) < 4.78 is 24.9. The fourth-order valence-corrected chi connectivity index (χ4v) is 4.31. The third-order valence-electron chi connectivity index (χ3n) is 2.94. The van der Waals surface area contributed by atoms with E-state index in [1.165, 1.54) is 0 Å². The van der Waals surface area contributed by atoms with Crippen molar-refractivity contribution in [1.82, 2.24) is 0 Å². The molecule has 0 bridgehead atoms. The van der Waals surface area contributed by atoms with E-state index in [9.17, 15) is 4.21 Å². The second kappa shape index (κ2) is 3.63. The molecule has 2 rings (SSSR count). The van der Waals surface area contributed by atoms with E-state index < -0.39 is 9.73 Å². The highest BCUT2D eigenvalue weighted by Crippen LogP contribution is 2.34. The molecule has 2 nitrogen and oxygen atoms in total. The SMILES string of the molecule is [2H]c1ccccc1[S@@]1(=O)=NCCCC1(C)C. The Balaban J connectivity index is 2.67. The smallest absolute Gasteiger partial charge is 0.0804 e. The molecule has 0 amide bonds. The van der Waals surface area contributed by atoms with Gasteiger partial charge in [-0.25, -0.2) is 8.57 Å². The molecule has 0 unspecified atom stereocenters. The van der Waals surface area contributed by atoms with Crippen LogP contribution in [0.1, 0.15) is 28.1 Å². The number of hydrogen-bond donors (Lipinski definition) is 0. The standard InChI is InChI=1S/C12H17NOS/c1-12(2)9-6-10-13-15(12,14)11-7-4-3-5-8-11/h3-5,7-8H,6,9-10H2,1-2H3/t15-/m0/s1/i7D. The lowest BCUT2D eigenvalue weighted by molar-refractivity contribution is 0.544. The lowest BCUT2D eigenvalue weighted by Gasteiger charge is -2.32. The van der Waals surface area contributed by atoms with Crippen molar-refractivity contribution in [2.75, 3.05) is 6.54 Å². The van der Waals surface area contributed by atoms with E-state index in [0.717, 1.165) is 12.8 Å². The summed E-state index contributed by atoms with van der Waals surface area (Å²) in [7, 11) is -2.44. The summed E-state index contributed by atoms with van der Waals surface area (Å²) in [5.74, 6) is 0. The van der Waals surface area contributed by atoms with Gasteiger partial charge in [0.2, 0.25) is 0 Å². The summed E-state index contributed by atoms with van der Waals surface area (Å²) >= 11 is 0. The summed E-state index contributed by atoms with van der Waals surface area (Å²) in [5.41, 5.74) is 0. The summed E-state index contributed by atoms with van der Waals surface area (Å²) in [4.78, 5) is 0.597. The number of rotatable bonds is 1. The largest absolute Gasteiger partial charge is 0.244 e. The number of benzene rings is 1. The predicted octanol–water partition coefficient (Wildman–Crippen LogP) is 3.09. The van der Waals surface area contributed by atoms with Gasteiger partial charge >= 0.3 is 0 Å². The summed E-state index contributed by atoms with van der Waals surface area (Å²) in [6, 6.07) is 7.43. The monoisotopic (exact) mass is 224 g/mol. The van der Waals surface area contributed by atoms with Gasteiger partial charge in [0, 0.05) is 11.4 Å². The molecule has 15 heavy (non-hydrogen) atoms. The first kappa shape index (κ1) is 9.40. The molecule has 1 aliphatic rings. The van der Waals surface area contributed by atoms with Crippen LogP contribution in [-0.4, -0.2) is 15.5 Å². The summed E-state index contributed by atoms with van der Waals surface area (Å²) in [5, 5.41) is 0. The minimum atomic E-state index is -2.44. The van der Waals surface area contributed by atoms with Crippen molar-refractivity contribution in [2.45, 2.75) is 36.3 Å². The maximum Gasteiger partial charge on any atom is 0.0804 e. The minimum absolute atomic E-state index is 0.331. The molecule has 0 fully saturated rings. The van der Waals surface area contributed by atoms with Gasteiger partial charge < -0.3 is 0 Å². The quantitative estimate of drug-likeness (QED) is 0.720. The second-order valence-electron chi connectivity index (χ2n) is 4.47. The Morgan fingerprint density at radius 1 is 1.47 bits per heavy atom. The molecular formula is C12H17NOS. The molecule has 0 saturated carbocycles. The van der Waals surface area contributed by atoms with Crippen molar-refractivity contribution in [3.8, 4) is 0 Å². The number of hydrogen-bond acceptors (Lipinski definition) is 2. The first-order valence-electron chi connectivity index (χ1n) is 5.75. The average molecular weight is 224 g/mol. The fraction of sp³-hybridized carbons (Fsp3) is 0.500. The minimum Gasteiger partial charge on any atom is -0.244 e. The van der Waals surface area contributed by atoms with Crippen molar-refractivity contribution in [1.29, 1.82) is 0 Å². The van der Waals surface area contributed by atoms with Crippen LogP contribution in [-0.2, 0) is 9.73 Å². The van der Waals surface area contributed by atoms with Crippen LogP contribution in [0.3, 0.4) is 0 Å².